The smallest absolute Gasteiger partial charge is 0 e. The monoisotopic (exact) mass is 204 g/mol. The van der Waals surface area contributed by atoms with E-state index < -0.39 is 0 Å². The van der Waals surface area contributed by atoms with E-state index in [4.69, 9.17) is 0 Å². The minimum atomic E-state index is 0. The Bertz CT molecular complexity index is 130. The average molecular weight is 204 g/mol. The largest absolute Gasteiger partial charge is 0.726 e. The average Bonchev–Trinajstić information content (AvgIpc) is 2.24. The van der Waals surface area contributed by atoms with Gasteiger partial charge in [0.05, 0.1) is 0 Å². The van der Waals surface area contributed by atoms with Crippen LogP contribution in [0.4, 0.5) is 0 Å². The molecule has 1 aliphatic rings. The Kier molecular flexibility index (Phi) is 9.97. The van der Waals surface area contributed by atoms with Gasteiger partial charge in [-0.15, -0.1) is 0 Å². The van der Waals surface area contributed by atoms with Gasteiger partial charge in [-0.25, -0.2) is 0 Å². The molecule has 0 nitrogen and oxygen atoms in total. The molecular formula is C12H12Ti-6. The third-order valence-corrected chi connectivity index (χ3v) is 1.33. The number of benzene rings is 1. The molecule has 13 heavy (non-hydrogen) atoms. The van der Waals surface area contributed by atoms with Crippen LogP contribution in [0.5, 0.6) is 0 Å². The first-order valence-electron chi connectivity index (χ1n) is 4.00. The molecule has 1 aromatic rings. The Morgan fingerprint density at radius 1 is 0.385 bits per heavy atom. The third-order valence-electron chi connectivity index (χ3n) is 1.33. The van der Waals surface area contributed by atoms with Crippen LogP contribution in [0.3, 0.4) is 0 Å². The van der Waals surface area contributed by atoms with Gasteiger partial charge in [0.15, 0.2) is 0 Å². The second kappa shape index (κ2) is 10.0. The number of rotatable bonds is 0. The molecule has 2 rings (SSSR count). The van der Waals surface area contributed by atoms with Crippen LogP contribution in [-0.2, 0) is 21.7 Å². The summed E-state index contributed by atoms with van der Waals surface area (Å²) in [4.78, 5) is 0. The van der Waals surface area contributed by atoms with E-state index in [1.54, 1.807) is 0 Å². The van der Waals surface area contributed by atoms with E-state index in [1.807, 2.05) is 74.9 Å². The number of hydrogen-bond acceptors (Lipinski definition) is 0. The molecule has 1 saturated carbocycles. The quantitative estimate of drug-likeness (QED) is 0.450. The van der Waals surface area contributed by atoms with Gasteiger partial charge in [-0.05, 0) is 0 Å². The minimum absolute atomic E-state index is 0. The van der Waals surface area contributed by atoms with Crippen molar-refractivity contribution < 1.29 is 21.7 Å². The Hall–Kier alpha value is -0.0657. The maximum Gasteiger partial charge on any atom is 0 e. The van der Waals surface area contributed by atoms with Crippen LogP contribution in [-0.4, -0.2) is 0 Å². The second-order valence-corrected chi connectivity index (χ2v) is 2.31. The van der Waals surface area contributed by atoms with Crippen molar-refractivity contribution in [2.24, 2.45) is 0 Å². The first kappa shape index (κ1) is 12.9. The topological polar surface area (TPSA) is 0 Å². The molecule has 1 aliphatic carbocycles. The van der Waals surface area contributed by atoms with Gasteiger partial charge in [0.25, 0.3) is 0 Å². The molecule has 1 heteroatoms. The Labute approximate surface area is 96.6 Å². The van der Waals surface area contributed by atoms with Gasteiger partial charge in [0.2, 0.25) is 0 Å². The van der Waals surface area contributed by atoms with E-state index in [0.717, 1.165) is 0 Å². The van der Waals surface area contributed by atoms with Crippen LogP contribution in [0.25, 0.3) is 0 Å². The van der Waals surface area contributed by atoms with E-state index in [9.17, 15) is 0 Å². The van der Waals surface area contributed by atoms with Gasteiger partial charge in [-0.2, -0.15) is 0 Å². The van der Waals surface area contributed by atoms with E-state index in [2.05, 4.69) is 0 Å². The van der Waals surface area contributed by atoms with Crippen molar-refractivity contribution in [3.63, 3.8) is 0 Å². The Balaban J connectivity index is 0.000000206. The first-order valence-corrected chi connectivity index (χ1v) is 4.00. The molecule has 0 radical (unpaired) electrons. The summed E-state index contributed by atoms with van der Waals surface area (Å²) in [5.74, 6) is 0. The molecule has 0 N–H and O–H groups in total. The fourth-order valence-corrected chi connectivity index (χ4v) is 0.770. The molecule has 1 fully saturated rings. The molecule has 0 aromatic heterocycles. The summed E-state index contributed by atoms with van der Waals surface area (Å²) in [6.07, 6.45) is 12.0. The summed E-state index contributed by atoms with van der Waals surface area (Å²) in [5.41, 5.74) is 0. The zero-order valence-electron chi connectivity index (χ0n) is 7.43. The van der Waals surface area contributed by atoms with Crippen LogP contribution in [0, 0.1) is 38.5 Å². The van der Waals surface area contributed by atoms with E-state index >= 15 is 0 Å². The van der Waals surface area contributed by atoms with Crippen molar-refractivity contribution in [2.45, 2.75) is 0 Å². The van der Waals surface area contributed by atoms with Crippen molar-refractivity contribution in [3.8, 4) is 0 Å². The third kappa shape index (κ3) is 8.27. The van der Waals surface area contributed by atoms with Gasteiger partial charge in [-0.3, -0.25) is 0 Å². The summed E-state index contributed by atoms with van der Waals surface area (Å²) >= 11 is 0. The fourth-order valence-electron chi connectivity index (χ4n) is 0.770. The molecule has 0 spiro atoms. The van der Waals surface area contributed by atoms with Gasteiger partial charge >= 0.3 is 0 Å². The molecule has 0 amide bonds. The minimum Gasteiger partial charge on any atom is -0.726 e. The molecule has 0 unspecified atom stereocenters. The van der Waals surface area contributed by atoms with Crippen LogP contribution in [0.2, 0.25) is 0 Å². The molecule has 0 atom stereocenters. The van der Waals surface area contributed by atoms with Crippen LogP contribution >= 0.6 is 0 Å². The van der Waals surface area contributed by atoms with Gasteiger partial charge in [0.1, 0.15) is 0 Å². The molecule has 0 saturated heterocycles. The molecule has 70 valence electrons. The Morgan fingerprint density at radius 2 is 0.538 bits per heavy atom. The van der Waals surface area contributed by atoms with Gasteiger partial charge in [0, 0.05) is 21.7 Å². The Morgan fingerprint density at radius 3 is 0.692 bits per heavy atom. The van der Waals surface area contributed by atoms with E-state index in [1.165, 1.54) is 0 Å². The van der Waals surface area contributed by atoms with Crippen molar-refractivity contribution in [2.75, 3.05) is 0 Å². The van der Waals surface area contributed by atoms with Gasteiger partial charge < -0.3 is 38.5 Å². The maximum absolute atomic E-state index is 2.00. The maximum atomic E-state index is 2.00. The summed E-state index contributed by atoms with van der Waals surface area (Å²) < 4.78 is 0. The zero-order chi connectivity index (χ0) is 8.49. The number of hydrogen-bond donors (Lipinski definition) is 0. The fraction of sp³-hybridized carbons (Fsp3) is 0. The standard InChI is InChI=1S/2C6H6.Ti/c2*1-2-4-6-5-3-1;/h2*1-6H;/q;-6;. The van der Waals surface area contributed by atoms with Crippen LogP contribution in [0.15, 0.2) is 36.4 Å². The predicted molar refractivity (Wildman–Crippen MR) is 52.2 cm³/mol. The summed E-state index contributed by atoms with van der Waals surface area (Å²) in [7, 11) is 0. The molecule has 0 bridgehead atoms. The van der Waals surface area contributed by atoms with Crippen LogP contribution < -0.4 is 0 Å². The summed E-state index contributed by atoms with van der Waals surface area (Å²) in [5, 5.41) is 0. The summed E-state index contributed by atoms with van der Waals surface area (Å²) in [6, 6.07) is 12.0. The van der Waals surface area contributed by atoms with E-state index in [0.29, 0.717) is 0 Å². The predicted octanol–water partition coefficient (Wildman–Crippen LogP) is 2.91. The summed E-state index contributed by atoms with van der Waals surface area (Å²) in [6.45, 7) is 0. The van der Waals surface area contributed by atoms with Crippen molar-refractivity contribution >= 4 is 0 Å². The van der Waals surface area contributed by atoms with Crippen molar-refractivity contribution in [1.82, 2.24) is 0 Å². The molecule has 0 heterocycles. The first-order chi connectivity index (χ1) is 6.00. The van der Waals surface area contributed by atoms with Crippen LogP contribution in [0.1, 0.15) is 0 Å². The zero-order valence-corrected chi connectivity index (χ0v) is 8.99. The molecule has 1 aromatic carbocycles. The molecule has 0 aliphatic heterocycles. The normalized spacial score (nSPS) is 14.8. The SMILES string of the molecule is [CH-]1[CH-][CH-][CH-][CH-][CH-]1.[Ti].c1ccccc1. The van der Waals surface area contributed by atoms with Crippen molar-refractivity contribution in [1.29, 1.82) is 0 Å². The molecular weight excluding hydrogens is 192 g/mol. The van der Waals surface area contributed by atoms with Gasteiger partial charge in [-0.1, -0.05) is 36.4 Å². The van der Waals surface area contributed by atoms with E-state index in [-0.39, 0.29) is 21.7 Å². The second-order valence-electron chi connectivity index (χ2n) is 2.31. The van der Waals surface area contributed by atoms with Crippen molar-refractivity contribution in [3.05, 3.63) is 74.9 Å².